The van der Waals surface area contributed by atoms with Crippen LogP contribution in [0.1, 0.15) is 22.5 Å². The van der Waals surface area contributed by atoms with Gasteiger partial charge in [-0.2, -0.15) is 0 Å². The lowest BCUT2D eigenvalue weighted by molar-refractivity contribution is 0.0953. The van der Waals surface area contributed by atoms with Gasteiger partial charge < -0.3 is 15.1 Å². The Morgan fingerprint density at radius 1 is 1.16 bits per heavy atom. The minimum absolute atomic E-state index is 0.140. The molecule has 1 aromatic carbocycles. The minimum Gasteiger partial charge on any atom is -0.423 e. The quantitative estimate of drug-likeness (QED) is 0.534. The first-order valence-corrected chi connectivity index (χ1v) is 8.11. The molecule has 2 aromatic heterocycles. The molecule has 0 unspecified atom stereocenters. The number of pyridine rings is 1. The molecule has 1 amide bonds. The summed E-state index contributed by atoms with van der Waals surface area (Å²) in [6.45, 7) is 3.03. The van der Waals surface area contributed by atoms with Crippen LogP contribution in [-0.2, 0) is 0 Å². The number of nitrogens with one attached hydrogen (secondary N) is 2. The van der Waals surface area contributed by atoms with Crippen LogP contribution in [0.2, 0.25) is 0 Å². The molecule has 6 nitrogen and oxygen atoms in total. The van der Waals surface area contributed by atoms with Gasteiger partial charge in [-0.15, -0.1) is 0 Å². The van der Waals surface area contributed by atoms with Crippen LogP contribution in [0.3, 0.4) is 0 Å². The highest BCUT2D eigenvalue weighted by Gasteiger charge is 2.06. The summed E-state index contributed by atoms with van der Waals surface area (Å²) >= 11 is 0. The standard InChI is InChI=1S/C19H19N3O3/c1-13-7-8-14(12-22-13)19(24)21-10-4-9-20-16-11-18(23)25-17-6-3-2-5-15(16)17/h2-3,5-8,11-12,20H,4,9-10H2,1H3,(H,21,24). The first kappa shape index (κ1) is 16.7. The summed E-state index contributed by atoms with van der Waals surface area (Å²) in [6, 6.07) is 12.4. The Hall–Kier alpha value is -3.15. The van der Waals surface area contributed by atoms with E-state index in [-0.39, 0.29) is 11.5 Å². The molecule has 0 aliphatic heterocycles. The van der Waals surface area contributed by atoms with Crippen LogP contribution in [0.15, 0.2) is 57.9 Å². The maximum absolute atomic E-state index is 12.0. The third-order valence-corrected chi connectivity index (χ3v) is 3.78. The summed E-state index contributed by atoms with van der Waals surface area (Å²) < 4.78 is 5.16. The van der Waals surface area contributed by atoms with E-state index in [1.807, 2.05) is 31.2 Å². The Balaban J connectivity index is 1.51. The van der Waals surface area contributed by atoms with E-state index in [0.717, 1.165) is 23.2 Å². The van der Waals surface area contributed by atoms with Crippen molar-refractivity contribution in [3.63, 3.8) is 0 Å². The molecule has 0 fully saturated rings. The molecule has 0 saturated heterocycles. The van der Waals surface area contributed by atoms with Crippen molar-refractivity contribution in [2.45, 2.75) is 13.3 Å². The molecule has 0 atom stereocenters. The summed E-state index contributed by atoms with van der Waals surface area (Å²) in [6.07, 6.45) is 2.29. The number of carbonyl (C=O) groups excluding carboxylic acids is 1. The van der Waals surface area contributed by atoms with Gasteiger partial charge in [0.15, 0.2) is 0 Å². The Labute approximate surface area is 144 Å². The number of carbonyl (C=O) groups is 1. The zero-order chi connectivity index (χ0) is 17.6. The summed E-state index contributed by atoms with van der Waals surface area (Å²) in [5.41, 5.74) is 2.32. The van der Waals surface area contributed by atoms with E-state index in [9.17, 15) is 9.59 Å². The van der Waals surface area contributed by atoms with Gasteiger partial charge in [-0.05, 0) is 37.6 Å². The van der Waals surface area contributed by atoms with Gasteiger partial charge in [0, 0.05) is 36.4 Å². The highest BCUT2D eigenvalue weighted by molar-refractivity contribution is 5.93. The Morgan fingerprint density at radius 3 is 2.80 bits per heavy atom. The van der Waals surface area contributed by atoms with Gasteiger partial charge in [-0.3, -0.25) is 9.78 Å². The van der Waals surface area contributed by atoms with Crippen molar-refractivity contribution >= 4 is 22.6 Å². The molecule has 6 heteroatoms. The van der Waals surface area contributed by atoms with Gasteiger partial charge in [-0.25, -0.2) is 4.79 Å². The average Bonchev–Trinajstić information content (AvgIpc) is 2.61. The Kier molecular flexibility index (Phi) is 5.09. The average molecular weight is 337 g/mol. The highest BCUT2D eigenvalue weighted by Crippen LogP contribution is 2.20. The minimum atomic E-state index is -0.388. The lowest BCUT2D eigenvalue weighted by Gasteiger charge is -2.09. The number of benzene rings is 1. The molecule has 3 aromatic rings. The summed E-state index contributed by atoms with van der Waals surface area (Å²) in [7, 11) is 0. The monoisotopic (exact) mass is 337 g/mol. The fraction of sp³-hybridized carbons (Fsp3) is 0.211. The fourth-order valence-corrected chi connectivity index (χ4v) is 2.48. The third kappa shape index (κ3) is 4.23. The fourth-order valence-electron chi connectivity index (χ4n) is 2.48. The van der Waals surface area contributed by atoms with Crippen LogP contribution < -0.4 is 16.3 Å². The van der Waals surface area contributed by atoms with Gasteiger partial charge in [0.2, 0.25) is 0 Å². The largest absolute Gasteiger partial charge is 0.423 e. The smallest absolute Gasteiger partial charge is 0.338 e. The first-order chi connectivity index (χ1) is 12.1. The highest BCUT2D eigenvalue weighted by atomic mass is 16.4. The summed E-state index contributed by atoms with van der Waals surface area (Å²) in [5, 5.41) is 6.94. The molecule has 0 bridgehead atoms. The van der Waals surface area contributed by atoms with Crippen molar-refractivity contribution in [1.29, 1.82) is 0 Å². The maximum Gasteiger partial charge on any atom is 0.338 e. The predicted octanol–water partition coefficient (Wildman–Crippen LogP) is 2.73. The second-order valence-corrected chi connectivity index (χ2v) is 5.70. The van der Waals surface area contributed by atoms with E-state index in [1.54, 1.807) is 18.3 Å². The first-order valence-electron chi connectivity index (χ1n) is 8.11. The summed E-state index contributed by atoms with van der Waals surface area (Å²) in [5.74, 6) is -0.140. The topological polar surface area (TPSA) is 84.2 Å². The number of hydrogen-bond acceptors (Lipinski definition) is 5. The molecule has 0 aliphatic rings. The molecule has 25 heavy (non-hydrogen) atoms. The van der Waals surface area contributed by atoms with E-state index in [1.165, 1.54) is 6.07 Å². The van der Waals surface area contributed by atoms with Crippen LogP contribution in [0.5, 0.6) is 0 Å². The number of aromatic nitrogens is 1. The molecule has 0 spiro atoms. The number of rotatable bonds is 6. The third-order valence-electron chi connectivity index (χ3n) is 3.78. The van der Waals surface area contributed by atoms with E-state index in [2.05, 4.69) is 15.6 Å². The second kappa shape index (κ2) is 7.61. The van der Waals surface area contributed by atoms with Gasteiger partial charge in [-0.1, -0.05) is 12.1 Å². The number of nitrogens with zero attached hydrogens (tertiary/aromatic N) is 1. The van der Waals surface area contributed by atoms with Gasteiger partial charge in [0.05, 0.1) is 11.3 Å². The number of para-hydroxylation sites is 1. The molecule has 2 N–H and O–H groups in total. The molecular formula is C19H19N3O3. The Morgan fingerprint density at radius 2 is 2.00 bits per heavy atom. The van der Waals surface area contributed by atoms with Gasteiger partial charge in [0.1, 0.15) is 5.58 Å². The lowest BCUT2D eigenvalue weighted by atomic mass is 10.2. The van der Waals surface area contributed by atoms with Crippen molar-refractivity contribution in [3.8, 4) is 0 Å². The van der Waals surface area contributed by atoms with Crippen LogP contribution in [-0.4, -0.2) is 24.0 Å². The van der Waals surface area contributed by atoms with Gasteiger partial charge in [0.25, 0.3) is 5.91 Å². The van der Waals surface area contributed by atoms with E-state index in [0.29, 0.717) is 24.2 Å². The summed E-state index contributed by atoms with van der Waals surface area (Å²) in [4.78, 5) is 27.7. The van der Waals surface area contributed by atoms with E-state index < -0.39 is 0 Å². The van der Waals surface area contributed by atoms with Crippen LogP contribution >= 0.6 is 0 Å². The number of hydrogen-bond donors (Lipinski definition) is 2. The van der Waals surface area contributed by atoms with Crippen molar-refractivity contribution in [1.82, 2.24) is 10.3 Å². The maximum atomic E-state index is 12.0. The molecule has 2 heterocycles. The van der Waals surface area contributed by atoms with Crippen LogP contribution in [0.4, 0.5) is 5.69 Å². The number of amides is 1. The number of anilines is 1. The zero-order valence-electron chi connectivity index (χ0n) is 13.9. The number of fused-ring (bicyclic) bond motifs is 1. The second-order valence-electron chi connectivity index (χ2n) is 5.70. The Bertz CT molecular complexity index is 933. The SMILES string of the molecule is Cc1ccc(C(=O)NCCCNc2cc(=O)oc3ccccc23)cn1. The van der Waals surface area contributed by atoms with E-state index in [4.69, 9.17) is 4.42 Å². The molecule has 0 radical (unpaired) electrons. The van der Waals surface area contributed by atoms with E-state index >= 15 is 0 Å². The van der Waals surface area contributed by atoms with Crippen molar-refractivity contribution < 1.29 is 9.21 Å². The van der Waals surface area contributed by atoms with Crippen molar-refractivity contribution in [2.24, 2.45) is 0 Å². The zero-order valence-corrected chi connectivity index (χ0v) is 13.9. The molecule has 128 valence electrons. The number of aryl methyl sites for hydroxylation is 1. The van der Waals surface area contributed by atoms with Crippen LogP contribution in [0, 0.1) is 6.92 Å². The molecule has 0 aliphatic carbocycles. The van der Waals surface area contributed by atoms with Crippen molar-refractivity contribution in [3.05, 3.63) is 70.3 Å². The molecule has 3 rings (SSSR count). The van der Waals surface area contributed by atoms with Crippen molar-refractivity contribution in [2.75, 3.05) is 18.4 Å². The predicted molar refractivity (Wildman–Crippen MR) is 96.9 cm³/mol. The lowest BCUT2D eigenvalue weighted by Crippen LogP contribution is -2.26. The van der Waals surface area contributed by atoms with Crippen LogP contribution in [0.25, 0.3) is 11.0 Å². The normalized spacial score (nSPS) is 10.6. The molecular weight excluding hydrogens is 318 g/mol. The molecule has 0 saturated carbocycles. The van der Waals surface area contributed by atoms with Gasteiger partial charge >= 0.3 is 5.63 Å².